The zero-order chi connectivity index (χ0) is 21.5. The van der Waals surface area contributed by atoms with Crippen LogP contribution in [-0.4, -0.2) is 38.3 Å². The Balaban J connectivity index is 1.45. The molecule has 4 aromatic rings. The van der Waals surface area contributed by atoms with Crippen molar-refractivity contribution in [3.63, 3.8) is 0 Å². The lowest BCUT2D eigenvalue weighted by molar-refractivity contribution is -0.0261. The van der Waals surface area contributed by atoms with E-state index in [2.05, 4.69) is 52.8 Å². The average molecular weight is 415 g/mol. The molecule has 2 aromatic carbocycles. The number of hydrogen-bond donors (Lipinski definition) is 1. The molecule has 2 aromatic heterocycles. The Kier molecular flexibility index (Phi) is 3.58. The van der Waals surface area contributed by atoms with Crippen LogP contribution in [0, 0.1) is 12.3 Å². The molecule has 2 bridgehead atoms. The molecule has 2 atom stereocenters. The van der Waals surface area contributed by atoms with E-state index in [1.807, 2.05) is 25.1 Å². The van der Waals surface area contributed by atoms with Crippen LogP contribution >= 0.6 is 0 Å². The molecule has 2 aliphatic rings. The Hall–Kier alpha value is -3.15. The molecule has 6 nitrogen and oxygen atoms in total. The van der Waals surface area contributed by atoms with Gasteiger partial charge in [-0.15, -0.1) is 0 Å². The number of aromatic amines is 1. The molecule has 31 heavy (non-hydrogen) atoms. The number of hydrogen-bond acceptors (Lipinski definition) is 4. The minimum Gasteiger partial charge on any atom is -0.441 e. The fourth-order valence-electron chi connectivity index (χ4n) is 5.93. The van der Waals surface area contributed by atoms with E-state index in [0.29, 0.717) is 11.5 Å². The number of fused-ring (bicyclic) bond motifs is 6. The molecule has 1 aliphatic heterocycles. The van der Waals surface area contributed by atoms with Gasteiger partial charge >= 0.3 is 0 Å². The van der Waals surface area contributed by atoms with E-state index in [0.717, 1.165) is 41.5 Å². The van der Waals surface area contributed by atoms with Gasteiger partial charge in [0.25, 0.3) is 5.91 Å². The molecule has 1 aliphatic carbocycles. The summed E-state index contributed by atoms with van der Waals surface area (Å²) in [6.45, 7) is 9.63. The van der Waals surface area contributed by atoms with Crippen LogP contribution in [0.2, 0.25) is 0 Å². The Bertz CT molecular complexity index is 1360. The molecule has 6 rings (SSSR count). The number of piperidine rings is 1. The third-order valence-electron chi connectivity index (χ3n) is 8.14. The molecule has 1 amide bonds. The minimum atomic E-state index is -0.0710. The second kappa shape index (κ2) is 5.96. The van der Waals surface area contributed by atoms with Crippen LogP contribution < -0.4 is 0 Å². The lowest BCUT2D eigenvalue weighted by Crippen LogP contribution is -2.64. The van der Waals surface area contributed by atoms with Gasteiger partial charge in [0.1, 0.15) is 5.52 Å². The topological polar surface area (TPSA) is 75.0 Å². The minimum absolute atomic E-state index is 0.0313. The molecule has 1 N–H and O–H groups in total. The first-order valence-corrected chi connectivity index (χ1v) is 10.9. The number of imidazole rings is 1. The molecule has 6 heteroatoms. The maximum absolute atomic E-state index is 13.6. The van der Waals surface area contributed by atoms with E-state index < -0.39 is 0 Å². The number of benzene rings is 2. The first-order valence-electron chi connectivity index (χ1n) is 10.9. The quantitative estimate of drug-likeness (QED) is 0.487. The maximum Gasteiger partial charge on any atom is 0.254 e. The molecule has 1 saturated heterocycles. The summed E-state index contributed by atoms with van der Waals surface area (Å²) in [4.78, 5) is 27.7. The van der Waals surface area contributed by atoms with Crippen LogP contribution in [-0.2, 0) is 11.8 Å². The zero-order valence-electron chi connectivity index (χ0n) is 18.3. The summed E-state index contributed by atoms with van der Waals surface area (Å²) in [6, 6.07) is 10.2. The predicted octanol–water partition coefficient (Wildman–Crippen LogP) is 4.77. The van der Waals surface area contributed by atoms with Gasteiger partial charge in [-0.05, 0) is 59.7 Å². The van der Waals surface area contributed by atoms with Crippen molar-refractivity contribution < 1.29 is 9.21 Å². The van der Waals surface area contributed by atoms with Gasteiger partial charge in [-0.2, -0.15) is 0 Å². The highest BCUT2D eigenvalue weighted by Crippen LogP contribution is 2.56. The highest BCUT2D eigenvalue weighted by Gasteiger charge is 2.57. The van der Waals surface area contributed by atoms with Crippen molar-refractivity contribution in [1.29, 1.82) is 0 Å². The van der Waals surface area contributed by atoms with E-state index in [1.165, 1.54) is 11.1 Å². The number of likely N-dealkylation sites (tertiary alicyclic amines) is 1. The molecule has 158 valence electrons. The van der Waals surface area contributed by atoms with Crippen LogP contribution in [0.15, 0.2) is 41.1 Å². The van der Waals surface area contributed by atoms with Gasteiger partial charge in [0, 0.05) is 30.5 Å². The number of H-pyrrole nitrogens is 1. The van der Waals surface area contributed by atoms with Gasteiger partial charge in [0.15, 0.2) is 11.5 Å². The fourth-order valence-corrected chi connectivity index (χ4v) is 5.93. The molecular formula is C25H26N4O2. The summed E-state index contributed by atoms with van der Waals surface area (Å²) in [5.41, 5.74) is 6.78. The first kappa shape index (κ1) is 18.6. The van der Waals surface area contributed by atoms with E-state index in [1.54, 1.807) is 6.33 Å². The average Bonchev–Trinajstić information content (AvgIpc) is 3.33. The summed E-state index contributed by atoms with van der Waals surface area (Å²) in [7, 11) is 0. The van der Waals surface area contributed by atoms with Gasteiger partial charge in [-0.1, -0.05) is 20.8 Å². The standard InChI is InChI=1S/C25H26N4O2/c1-14-28-20-12-17-16(10-21(20)31-14)11-22-24(2,3)25(17,4)7-8-29(22)23(30)15-5-6-18-19(9-15)27-13-26-18/h5-6,9-10,12-13,22H,7-8,11H2,1-4H3,(H,26,27)/t22-,25+/m1/s1. The molecule has 0 unspecified atom stereocenters. The molecular weight excluding hydrogens is 388 g/mol. The van der Waals surface area contributed by atoms with Crippen molar-refractivity contribution in [3.05, 3.63) is 59.2 Å². The Morgan fingerprint density at radius 3 is 2.87 bits per heavy atom. The monoisotopic (exact) mass is 414 g/mol. The van der Waals surface area contributed by atoms with Crippen LogP contribution in [0.3, 0.4) is 0 Å². The molecule has 0 spiro atoms. The van der Waals surface area contributed by atoms with E-state index >= 15 is 0 Å². The normalized spacial score (nSPS) is 24.5. The number of aryl methyl sites for hydroxylation is 1. The van der Waals surface area contributed by atoms with E-state index in [9.17, 15) is 4.79 Å². The Morgan fingerprint density at radius 2 is 2.03 bits per heavy atom. The number of nitrogens with zero attached hydrogens (tertiary/aromatic N) is 3. The largest absolute Gasteiger partial charge is 0.441 e. The van der Waals surface area contributed by atoms with Gasteiger partial charge in [0.2, 0.25) is 0 Å². The summed E-state index contributed by atoms with van der Waals surface area (Å²) >= 11 is 0. The molecule has 0 saturated carbocycles. The zero-order valence-corrected chi connectivity index (χ0v) is 18.3. The second-order valence-corrected chi connectivity index (χ2v) is 9.87. The number of aromatic nitrogens is 3. The number of carbonyl (C=O) groups excluding carboxylic acids is 1. The Labute approximate surface area is 180 Å². The molecule has 1 fully saturated rings. The van der Waals surface area contributed by atoms with Crippen LogP contribution in [0.25, 0.3) is 22.1 Å². The van der Waals surface area contributed by atoms with Crippen molar-refractivity contribution in [2.24, 2.45) is 5.41 Å². The number of rotatable bonds is 1. The lowest BCUT2D eigenvalue weighted by atomic mass is 9.51. The van der Waals surface area contributed by atoms with Gasteiger partial charge in [-0.3, -0.25) is 4.79 Å². The smallest absolute Gasteiger partial charge is 0.254 e. The second-order valence-electron chi connectivity index (χ2n) is 9.87. The van der Waals surface area contributed by atoms with E-state index in [4.69, 9.17) is 4.42 Å². The number of amides is 1. The van der Waals surface area contributed by atoms with Crippen molar-refractivity contribution in [1.82, 2.24) is 19.9 Å². The van der Waals surface area contributed by atoms with Gasteiger partial charge in [0.05, 0.1) is 17.4 Å². The number of nitrogens with one attached hydrogen (secondary N) is 1. The third kappa shape index (κ3) is 2.42. The summed E-state index contributed by atoms with van der Waals surface area (Å²) < 4.78 is 5.82. The Morgan fingerprint density at radius 1 is 1.19 bits per heavy atom. The van der Waals surface area contributed by atoms with Crippen molar-refractivity contribution in [2.75, 3.05) is 6.54 Å². The summed E-state index contributed by atoms with van der Waals surface area (Å²) in [5, 5.41) is 0. The van der Waals surface area contributed by atoms with Gasteiger partial charge in [-0.25, -0.2) is 9.97 Å². The van der Waals surface area contributed by atoms with Crippen molar-refractivity contribution in [3.8, 4) is 0 Å². The predicted molar refractivity (Wildman–Crippen MR) is 119 cm³/mol. The van der Waals surface area contributed by atoms with Crippen molar-refractivity contribution >= 4 is 28.0 Å². The van der Waals surface area contributed by atoms with Gasteiger partial charge < -0.3 is 14.3 Å². The molecule has 0 radical (unpaired) electrons. The van der Waals surface area contributed by atoms with Crippen LogP contribution in [0.4, 0.5) is 0 Å². The van der Waals surface area contributed by atoms with Crippen molar-refractivity contribution in [2.45, 2.75) is 52.0 Å². The maximum atomic E-state index is 13.6. The van der Waals surface area contributed by atoms with Crippen LogP contribution in [0.1, 0.15) is 54.6 Å². The SMILES string of the molecule is Cc1nc2cc3c(cc2o1)C[C@H]1N(C(=O)c2ccc4nc[nH]c4c2)CC[C@]3(C)C1(C)C. The van der Waals surface area contributed by atoms with Crippen LogP contribution in [0.5, 0.6) is 0 Å². The summed E-state index contributed by atoms with van der Waals surface area (Å²) in [5.74, 6) is 0.785. The highest BCUT2D eigenvalue weighted by atomic mass is 16.3. The fraction of sp³-hybridized carbons (Fsp3) is 0.400. The highest BCUT2D eigenvalue weighted by molar-refractivity contribution is 5.97. The third-order valence-corrected chi connectivity index (χ3v) is 8.14. The number of oxazole rings is 1. The first-order chi connectivity index (χ1) is 14.8. The number of carbonyl (C=O) groups is 1. The summed E-state index contributed by atoms with van der Waals surface area (Å²) in [6.07, 6.45) is 3.41. The lowest BCUT2D eigenvalue weighted by Gasteiger charge is -2.60. The van der Waals surface area contributed by atoms with E-state index in [-0.39, 0.29) is 22.8 Å². The molecule has 3 heterocycles.